The predicted molar refractivity (Wildman–Crippen MR) is 76.4 cm³/mol. The number of hydrogen-bond donors (Lipinski definition) is 3. The van der Waals surface area contributed by atoms with Crippen LogP contribution in [0.1, 0.15) is 58.8 Å². The van der Waals surface area contributed by atoms with E-state index in [0.717, 1.165) is 12.8 Å². The molecule has 2 fully saturated rings. The lowest BCUT2D eigenvalue weighted by atomic mass is 9.88. The Bertz CT molecular complexity index is 367. The normalized spacial score (nSPS) is 29.2. The minimum Gasteiger partial charge on any atom is -0.480 e. The molecule has 0 radical (unpaired) electrons. The van der Waals surface area contributed by atoms with Crippen molar-refractivity contribution in [3.63, 3.8) is 0 Å². The van der Waals surface area contributed by atoms with Crippen LogP contribution in [0.25, 0.3) is 0 Å². The maximum absolute atomic E-state index is 12.2. The molecule has 0 saturated carbocycles. The Labute approximate surface area is 120 Å². The second kappa shape index (κ2) is 6.12. The van der Waals surface area contributed by atoms with Crippen LogP contribution in [0, 0.1) is 5.92 Å². The van der Waals surface area contributed by atoms with Crippen molar-refractivity contribution in [2.75, 3.05) is 0 Å². The van der Waals surface area contributed by atoms with Crippen molar-refractivity contribution < 1.29 is 14.7 Å². The molecule has 114 valence electrons. The van der Waals surface area contributed by atoms with Crippen molar-refractivity contribution in [3.8, 4) is 0 Å². The van der Waals surface area contributed by atoms with Crippen molar-refractivity contribution in [2.24, 2.45) is 5.92 Å². The molecule has 2 saturated heterocycles. The van der Waals surface area contributed by atoms with Crippen LogP contribution in [0.4, 0.5) is 0 Å². The van der Waals surface area contributed by atoms with E-state index in [1.807, 2.05) is 13.8 Å². The molecular formula is C15H26N2O3. The summed E-state index contributed by atoms with van der Waals surface area (Å²) in [5.74, 6) is -0.641. The molecule has 5 nitrogen and oxygen atoms in total. The third kappa shape index (κ3) is 3.14. The van der Waals surface area contributed by atoms with Crippen LogP contribution in [-0.4, -0.2) is 34.6 Å². The Kier molecular flexibility index (Phi) is 4.68. The number of carboxylic acids is 1. The summed E-state index contributed by atoms with van der Waals surface area (Å²) in [6.45, 7) is 3.62. The van der Waals surface area contributed by atoms with Gasteiger partial charge in [-0.1, -0.05) is 13.8 Å². The molecule has 2 bridgehead atoms. The van der Waals surface area contributed by atoms with Gasteiger partial charge in [-0.05, 0) is 44.4 Å². The summed E-state index contributed by atoms with van der Waals surface area (Å²) in [6, 6.07) is 1.13. The number of nitrogens with one attached hydrogen (secondary N) is 2. The molecule has 2 atom stereocenters. The van der Waals surface area contributed by atoms with Crippen LogP contribution in [0.3, 0.4) is 0 Å². The second-order valence-electron chi connectivity index (χ2n) is 6.32. The number of amides is 1. The second-order valence-corrected chi connectivity index (χ2v) is 6.32. The lowest BCUT2D eigenvalue weighted by Gasteiger charge is -2.31. The third-order valence-electron chi connectivity index (χ3n) is 5.04. The van der Waals surface area contributed by atoms with Gasteiger partial charge in [0, 0.05) is 18.5 Å². The molecule has 0 spiro atoms. The highest BCUT2D eigenvalue weighted by atomic mass is 16.4. The molecule has 0 aromatic carbocycles. The third-order valence-corrected chi connectivity index (χ3v) is 5.04. The first kappa shape index (κ1) is 15.3. The highest BCUT2D eigenvalue weighted by Crippen LogP contribution is 2.32. The minimum absolute atomic E-state index is 0.109. The molecule has 2 rings (SSSR count). The van der Waals surface area contributed by atoms with Gasteiger partial charge in [0.05, 0.1) is 0 Å². The molecule has 2 heterocycles. The van der Waals surface area contributed by atoms with E-state index in [1.165, 1.54) is 12.8 Å². The van der Waals surface area contributed by atoms with Gasteiger partial charge in [-0.2, -0.15) is 0 Å². The Morgan fingerprint density at radius 2 is 1.75 bits per heavy atom. The Balaban J connectivity index is 1.90. The van der Waals surface area contributed by atoms with Gasteiger partial charge < -0.3 is 15.7 Å². The summed E-state index contributed by atoms with van der Waals surface area (Å²) in [5, 5.41) is 15.7. The predicted octanol–water partition coefficient (Wildman–Crippen LogP) is 1.67. The van der Waals surface area contributed by atoms with Crippen molar-refractivity contribution >= 4 is 11.9 Å². The maximum Gasteiger partial charge on any atom is 0.329 e. The number of hydrogen-bond acceptors (Lipinski definition) is 3. The van der Waals surface area contributed by atoms with Crippen molar-refractivity contribution in [1.29, 1.82) is 0 Å². The van der Waals surface area contributed by atoms with E-state index < -0.39 is 11.5 Å². The number of rotatable bonds is 6. The molecule has 2 aliphatic heterocycles. The summed E-state index contributed by atoms with van der Waals surface area (Å²) < 4.78 is 0. The standard InChI is InChI=1S/C15H26N2O3/c1-3-15(4-2,14(19)20)17-13(18)9-10-7-11-5-6-12(8-10)16-11/h10-12,16H,3-9H2,1-2H3,(H,17,18)(H,19,20). The molecule has 1 amide bonds. The summed E-state index contributed by atoms with van der Waals surface area (Å²) in [6.07, 6.45) is 5.82. The van der Waals surface area contributed by atoms with Gasteiger partial charge in [0.2, 0.25) is 5.91 Å². The van der Waals surface area contributed by atoms with Gasteiger partial charge >= 0.3 is 5.97 Å². The molecule has 0 aliphatic carbocycles. The summed E-state index contributed by atoms with van der Waals surface area (Å²) >= 11 is 0. The Morgan fingerprint density at radius 3 is 2.20 bits per heavy atom. The highest BCUT2D eigenvalue weighted by Gasteiger charge is 2.38. The van der Waals surface area contributed by atoms with Gasteiger partial charge in [0.1, 0.15) is 5.54 Å². The van der Waals surface area contributed by atoms with Crippen LogP contribution < -0.4 is 10.6 Å². The van der Waals surface area contributed by atoms with Crippen LogP contribution >= 0.6 is 0 Å². The molecular weight excluding hydrogens is 256 g/mol. The monoisotopic (exact) mass is 282 g/mol. The SMILES string of the molecule is CCC(CC)(NC(=O)CC1CC2CCC(C1)N2)C(=O)O. The molecule has 3 N–H and O–H groups in total. The molecule has 20 heavy (non-hydrogen) atoms. The van der Waals surface area contributed by atoms with E-state index in [-0.39, 0.29) is 5.91 Å². The summed E-state index contributed by atoms with van der Waals surface area (Å²) in [7, 11) is 0. The van der Waals surface area contributed by atoms with Gasteiger partial charge in [-0.25, -0.2) is 4.79 Å². The topological polar surface area (TPSA) is 78.4 Å². The fourth-order valence-electron chi connectivity index (χ4n) is 3.70. The zero-order valence-corrected chi connectivity index (χ0v) is 12.4. The number of piperidine rings is 1. The van der Waals surface area contributed by atoms with E-state index in [4.69, 9.17) is 0 Å². The van der Waals surface area contributed by atoms with E-state index in [0.29, 0.717) is 37.3 Å². The first-order valence-electron chi connectivity index (χ1n) is 7.79. The Morgan fingerprint density at radius 1 is 1.20 bits per heavy atom. The van der Waals surface area contributed by atoms with E-state index in [9.17, 15) is 14.7 Å². The van der Waals surface area contributed by atoms with Crippen LogP contribution in [0.15, 0.2) is 0 Å². The van der Waals surface area contributed by atoms with Crippen LogP contribution in [-0.2, 0) is 9.59 Å². The number of aliphatic carboxylic acids is 1. The lowest BCUT2D eigenvalue weighted by Crippen LogP contribution is -2.54. The minimum atomic E-state index is -1.09. The van der Waals surface area contributed by atoms with Gasteiger partial charge in [-0.3, -0.25) is 4.79 Å². The average molecular weight is 282 g/mol. The Hall–Kier alpha value is -1.10. The number of carboxylic acid groups (broad SMARTS) is 1. The highest BCUT2D eigenvalue weighted by molar-refractivity contribution is 5.87. The molecule has 5 heteroatoms. The van der Waals surface area contributed by atoms with E-state index in [1.54, 1.807) is 0 Å². The average Bonchev–Trinajstić information content (AvgIpc) is 2.75. The van der Waals surface area contributed by atoms with Gasteiger partial charge in [0.25, 0.3) is 0 Å². The quantitative estimate of drug-likeness (QED) is 0.692. The fraction of sp³-hybridized carbons (Fsp3) is 0.867. The smallest absolute Gasteiger partial charge is 0.329 e. The zero-order chi connectivity index (χ0) is 14.8. The van der Waals surface area contributed by atoms with E-state index in [2.05, 4.69) is 10.6 Å². The summed E-state index contributed by atoms with van der Waals surface area (Å²) in [4.78, 5) is 23.6. The fourth-order valence-corrected chi connectivity index (χ4v) is 3.70. The van der Waals surface area contributed by atoms with Gasteiger partial charge in [0.15, 0.2) is 0 Å². The van der Waals surface area contributed by atoms with Crippen molar-refractivity contribution in [2.45, 2.75) is 76.4 Å². The maximum atomic E-state index is 12.2. The number of carbonyl (C=O) groups excluding carboxylic acids is 1. The number of fused-ring (bicyclic) bond motifs is 2. The zero-order valence-electron chi connectivity index (χ0n) is 12.4. The molecule has 2 aliphatic rings. The van der Waals surface area contributed by atoms with Crippen LogP contribution in [0.5, 0.6) is 0 Å². The number of carbonyl (C=O) groups is 2. The first-order valence-corrected chi connectivity index (χ1v) is 7.79. The van der Waals surface area contributed by atoms with Crippen LogP contribution in [0.2, 0.25) is 0 Å². The van der Waals surface area contributed by atoms with Crippen molar-refractivity contribution in [3.05, 3.63) is 0 Å². The molecule has 0 aromatic rings. The largest absolute Gasteiger partial charge is 0.480 e. The van der Waals surface area contributed by atoms with E-state index >= 15 is 0 Å². The first-order chi connectivity index (χ1) is 9.49. The van der Waals surface area contributed by atoms with Gasteiger partial charge in [-0.15, -0.1) is 0 Å². The molecule has 2 unspecified atom stereocenters. The summed E-state index contributed by atoms with van der Waals surface area (Å²) in [5.41, 5.74) is -1.09. The lowest BCUT2D eigenvalue weighted by molar-refractivity contribution is -0.148. The van der Waals surface area contributed by atoms with Crippen molar-refractivity contribution in [1.82, 2.24) is 10.6 Å². The molecule has 0 aromatic heterocycles.